The summed E-state index contributed by atoms with van der Waals surface area (Å²) < 4.78 is 6.25. The molecule has 0 unspecified atom stereocenters. The maximum atomic E-state index is 12.4. The van der Waals surface area contributed by atoms with E-state index >= 15 is 0 Å². The number of nitrogens with one attached hydrogen (secondary N) is 1. The van der Waals surface area contributed by atoms with E-state index in [1.807, 2.05) is 29.8 Å². The fourth-order valence-corrected chi connectivity index (χ4v) is 2.89. The summed E-state index contributed by atoms with van der Waals surface area (Å²) in [6.45, 7) is 2.54. The fourth-order valence-electron chi connectivity index (χ4n) is 2.89. The van der Waals surface area contributed by atoms with E-state index in [9.17, 15) is 4.79 Å². The second kappa shape index (κ2) is 10.7. The molecule has 2 aromatic rings. The first kappa shape index (κ1) is 20.1. The van der Waals surface area contributed by atoms with E-state index in [2.05, 4.69) is 20.0 Å². The van der Waals surface area contributed by atoms with E-state index in [1.54, 1.807) is 19.6 Å². The van der Waals surface area contributed by atoms with Crippen LogP contribution in [-0.4, -0.2) is 51.9 Å². The molecule has 0 radical (unpaired) electrons. The standard InChI is InChI=1S/C16H20N4O.C3H8O2.H2/c1-12-9-14(16(21)18-13-5-3-2-4-6-13)19-15(10-12)20-8-7-17-11-20;1-5-3-2-4;/h7-11,13H,2-6H2,1H3,(H,18,21);4H,2-3H2,1H3;1H. The molecule has 2 aromatic heterocycles. The monoisotopic (exact) mass is 362 g/mol. The van der Waals surface area contributed by atoms with Crippen molar-refractivity contribution in [1.82, 2.24) is 19.9 Å². The Labute approximate surface area is 155 Å². The Morgan fingerprint density at radius 2 is 2.15 bits per heavy atom. The van der Waals surface area contributed by atoms with Crippen LogP contribution in [0.2, 0.25) is 0 Å². The van der Waals surface area contributed by atoms with Crippen molar-refractivity contribution in [2.75, 3.05) is 20.3 Å². The van der Waals surface area contributed by atoms with Crippen molar-refractivity contribution >= 4 is 5.91 Å². The van der Waals surface area contributed by atoms with Gasteiger partial charge in [0.25, 0.3) is 5.91 Å². The van der Waals surface area contributed by atoms with Crippen molar-refractivity contribution in [3.05, 3.63) is 42.1 Å². The highest BCUT2D eigenvalue weighted by Crippen LogP contribution is 2.18. The Kier molecular flexibility index (Phi) is 8.24. The van der Waals surface area contributed by atoms with Crippen molar-refractivity contribution in [1.29, 1.82) is 0 Å². The number of aromatic nitrogens is 3. The first-order chi connectivity index (χ1) is 12.6. The Morgan fingerprint density at radius 3 is 2.73 bits per heavy atom. The third-order valence-electron chi connectivity index (χ3n) is 4.19. The quantitative estimate of drug-likeness (QED) is 0.853. The lowest BCUT2D eigenvalue weighted by molar-refractivity contribution is 0.0922. The van der Waals surface area contributed by atoms with E-state index in [0.29, 0.717) is 18.3 Å². The van der Waals surface area contributed by atoms with Gasteiger partial charge in [-0.05, 0) is 37.5 Å². The van der Waals surface area contributed by atoms with Crippen molar-refractivity contribution in [2.45, 2.75) is 45.1 Å². The molecular formula is C19H30N4O3. The van der Waals surface area contributed by atoms with Gasteiger partial charge in [0.1, 0.15) is 17.8 Å². The number of carbonyl (C=O) groups excluding carboxylic acids is 1. The van der Waals surface area contributed by atoms with Gasteiger partial charge in [0.2, 0.25) is 0 Å². The minimum absolute atomic E-state index is 0. The zero-order valence-electron chi connectivity index (χ0n) is 15.5. The molecule has 1 aliphatic carbocycles. The summed E-state index contributed by atoms with van der Waals surface area (Å²) >= 11 is 0. The van der Waals surface area contributed by atoms with E-state index in [1.165, 1.54) is 19.3 Å². The van der Waals surface area contributed by atoms with Crippen LogP contribution in [0.15, 0.2) is 30.9 Å². The minimum Gasteiger partial charge on any atom is -0.394 e. The number of rotatable bonds is 5. The molecule has 144 valence electrons. The Morgan fingerprint density at radius 1 is 1.38 bits per heavy atom. The fraction of sp³-hybridized carbons (Fsp3) is 0.526. The van der Waals surface area contributed by atoms with Crippen LogP contribution in [0.1, 0.15) is 49.6 Å². The molecule has 1 fully saturated rings. The molecule has 1 saturated carbocycles. The summed E-state index contributed by atoms with van der Waals surface area (Å²) in [4.78, 5) is 20.9. The van der Waals surface area contributed by atoms with Crippen LogP contribution in [0.25, 0.3) is 5.82 Å². The van der Waals surface area contributed by atoms with Crippen molar-refractivity contribution in [3.63, 3.8) is 0 Å². The Balaban J connectivity index is 0.000000542. The molecule has 2 N–H and O–H groups in total. The van der Waals surface area contributed by atoms with Gasteiger partial charge >= 0.3 is 0 Å². The summed E-state index contributed by atoms with van der Waals surface area (Å²) in [5.41, 5.74) is 1.49. The highest BCUT2D eigenvalue weighted by Gasteiger charge is 2.18. The number of pyridine rings is 1. The van der Waals surface area contributed by atoms with Crippen molar-refractivity contribution < 1.29 is 16.1 Å². The molecule has 0 spiro atoms. The zero-order valence-corrected chi connectivity index (χ0v) is 15.5. The maximum Gasteiger partial charge on any atom is 0.270 e. The molecule has 7 nitrogen and oxygen atoms in total. The third-order valence-corrected chi connectivity index (χ3v) is 4.19. The molecule has 1 amide bonds. The summed E-state index contributed by atoms with van der Waals surface area (Å²) in [5.74, 6) is 0.647. The van der Waals surface area contributed by atoms with Crippen LogP contribution in [0, 0.1) is 6.92 Å². The molecular weight excluding hydrogens is 332 g/mol. The van der Waals surface area contributed by atoms with Gasteiger partial charge in [-0.15, -0.1) is 0 Å². The summed E-state index contributed by atoms with van der Waals surface area (Å²) in [6, 6.07) is 4.07. The highest BCUT2D eigenvalue weighted by atomic mass is 16.5. The van der Waals surface area contributed by atoms with Crippen LogP contribution < -0.4 is 5.32 Å². The average molecular weight is 362 g/mol. The third kappa shape index (κ3) is 6.24. The smallest absolute Gasteiger partial charge is 0.270 e. The Bertz CT molecular complexity index is 672. The van der Waals surface area contributed by atoms with Crippen LogP contribution in [-0.2, 0) is 4.74 Å². The number of aliphatic hydroxyl groups excluding tert-OH is 1. The number of ether oxygens (including phenoxy) is 1. The minimum atomic E-state index is -0.0769. The number of nitrogens with zero attached hydrogens (tertiary/aromatic N) is 3. The zero-order chi connectivity index (χ0) is 18.8. The molecule has 0 aliphatic heterocycles. The molecule has 0 aromatic carbocycles. The van der Waals surface area contributed by atoms with Crippen molar-refractivity contribution in [2.24, 2.45) is 0 Å². The number of aryl methyl sites for hydroxylation is 1. The summed E-state index contributed by atoms with van der Waals surface area (Å²) in [5, 5.41) is 11.0. The molecule has 0 atom stereocenters. The number of carbonyl (C=O) groups is 1. The molecule has 7 heteroatoms. The predicted molar refractivity (Wildman–Crippen MR) is 102 cm³/mol. The first-order valence-corrected chi connectivity index (χ1v) is 9.01. The van der Waals surface area contributed by atoms with Crippen molar-refractivity contribution in [3.8, 4) is 5.82 Å². The van der Waals surface area contributed by atoms with E-state index in [4.69, 9.17) is 5.11 Å². The Hall–Kier alpha value is -2.25. The van der Waals surface area contributed by atoms with Gasteiger partial charge in [-0.25, -0.2) is 9.97 Å². The van der Waals surface area contributed by atoms with Crippen LogP contribution in [0.3, 0.4) is 0 Å². The average Bonchev–Trinajstić information content (AvgIpc) is 3.18. The summed E-state index contributed by atoms with van der Waals surface area (Å²) in [7, 11) is 1.55. The topological polar surface area (TPSA) is 89.3 Å². The lowest BCUT2D eigenvalue weighted by Crippen LogP contribution is -2.36. The normalized spacial score (nSPS) is 14.4. The number of amides is 1. The van der Waals surface area contributed by atoms with Gasteiger partial charge in [0.15, 0.2) is 0 Å². The lowest BCUT2D eigenvalue weighted by atomic mass is 9.95. The molecule has 2 heterocycles. The molecule has 1 aliphatic rings. The number of imidazole rings is 1. The molecule has 26 heavy (non-hydrogen) atoms. The lowest BCUT2D eigenvalue weighted by Gasteiger charge is -2.22. The van der Waals surface area contributed by atoms with E-state index in [-0.39, 0.29) is 13.9 Å². The summed E-state index contributed by atoms with van der Waals surface area (Å²) in [6.07, 6.45) is 11.0. The van der Waals surface area contributed by atoms with Gasteiger partial charge in [-0.2, -0.15) is 0 Å². The predicted octanol–water partition coefficient (Wildman–Crippen LogP) is 2.51. The maximum absolute atomic E-state index is 12.4. The van der Waals surface area contributed by atoms with Gasteiger partial charge in [0.05, 0.1) is 13.2 Å². The van der Waals surface area contributed by atoms with Gasteiger partial charge in [-0.3, -0.25) is 9.36 Å². The van der Waals surface area contributed by atoms with Crippen LogP contribution in [0.5, 0.6) is 0 Å². The first-order valence-electron chi connectivity index (χ1n) is 9.01. The number of aliphatic hydroxyl groups is 1. The second-order valence-corrected chi connectivity index (χ2v) is 6.38. The number of hydrogen-bond donors (Lipinski definition) is 2. The largest absolute Gasteiger partial charge is 0.394 e. The molecule has 0 bridgehead atoms. The highest BCUT2D eigenvalue weighted by molar-refractivity contribution is 5.92. The van der Waals surface area contributed by atoms with Crippen LogP contribution >= 0.6 is 0 Å². The number of methoxy groups -OCH3 is 1. The van der Waals surface area contributed by atoms with E-state index < -0.39 is 0 Å². The second-order valence-electron chi connectivity index (χ2n) is 6.38. The van der Waals surface area contributed by atoms with Gasteiger partial charge in [-0.1, -0.05) is 19.3 Å². The van der Waals surface area contributed by atoms with Gasteiger partial charge in [0, 0.05) is 27.0 Å². The van der Waals surface area contributed by atoms with E-state index in [0.717, 1.165) is 24.2 Å². The molecule has 0 saturated heterocycles. The van der Waals surface area contributed by atoms with Gasteiger partial charge < -0.3 is 15.2 Å². The number of hydrogen-bond acceptors (Lipinski definition) is 5. The van der Waals surface area contributed by atoms with Crippen LogP contribution in [0.4, 0.5) is 0 Å². The molecule has 3 rings (SSSR count). The SMILES string of the molecule is COCCO.Cc1cc(C(=O)NC2CCCCC2)nc(-n2ccnc2)c1.[HH].